The zero-order valence-electron chi connectivity index (χ0n) is 17.1. The molecule has 0 aliphatic carbocycles. The van der Waals surface area contributed by atoms with E-state index in [1.54, 1.807) is 24.3 Å². The van der Waals surface area contributed by atoms with Crippen LogP contribution in [-0.4, -0.2) is 39.3 Å². The predicted octanol–water partition coefficient (Wildman–Crippen LogP) is 4.36. The van der Waals surface area contributed by atoms with Gasteiger partial charge in [0.05, 0.1) is 34.0 Å². The third-order valence-corrected chi connectivity index (χ3v) is 4.72. The number of ether oxygens (including phenoxy) is 4. The van der Waals surface area contributed by atoms with Crippen LogP contribution < -0.4 is 18.9 Å². The first-order valence-corrected chi connectivity index (χ1v) is 9.16. The smallest absolute Gasteiger partial charge is 0.203 e. The van der Waals surface area contributed by atoms with Crippen LogP contribution in [0.3, 0.4) is 0 Å². The maximum absolute atomic E-state index is 13.5. The summed E-state index contributed by atoms with van der Waals surface area (Å²) in [5.74, 6) is 1.54. The highest BCUT2D eigenvalue weighted by Crippen LogP contribution is 2.42. The van der Waals surface area contributed by atoms with Gasteiger partial charge in [0, 0.05) is 17.4 Å². The molecular weight excluding hydrogens is 376 g/mol. The van der Waals surface area contributed by atoms with Crippen molar-refractivity contribution in [2.45, 2.75) is 19.8 Å². The summed E-state index contributed by atoms with van der Waals surface area (Å²) in [5.41, 5.74) is 0.979. The number of aromatic hydroxyl groups is 1. The average molecular weight is 400 g/mol. The van der Waals surface area contributed by atoms with E-state index in [4.69, 9.17) is 23.4 Å². The molecule has 7 nitrogen and oxygen atoms in total. The van der Waals surface area contributed by atoms with E-state index in [0.29, 0.717) is 45.9 Å². The normalized spacial score (nSPS) is 10.8. The molecule has 3 rings (SSSR count). The lowest BCUT2D eigenvalue weighted by molar-refractivity contribution is 0.103. The number of carbonyl (C=O) groups is 1. The number of benzene rings is 2. The number of phenolic OH excluding ortho intramolecular Hbond substituents is 1. The Morgan fingerprint density at radius 3 is 2.10 bits per heavy atom. The van der Waals surface area contributed by atoms with Gasteiger partial charge < -0.3 is 28.5 Å². The fourth-order valence-corrected chi connectivity index (χ4v) is 3.35. The summed E-state index contributed by atoms with van der Waals surface area (Å²) in [6.07, 6.45) is 1.31. The number of methoxy groups -OCH3 is 4. The standard InChI is InChI=1S/C22H24O7/c1-6-7-14-18(13-8-9-15(25-2)20(24)21(13)29-14)19(23)12-10-16(26-3)22(28-5)17(11-12)27-4/h8-11,24H,6-7H2,1-5H3. The second-order valence-corrected chi connectivity index (χ2v) is 6.39. The summed E-state index contributed by atoms with van der Waals surface area (Å²) >= 11 is 0. The van der Waals surface area contributed by atoms with E-state index in [0.717, 1.165) is 6.42 Å². The van der Waals surface area contributed by atoms with Crippen molar-refractivity contribution < 1.29 is 33.3 Å². The molecule has 0 aliphatic heterocycles. The first kappa shape index (κ1) is 20.4. The molecule has 0 spiro atoms. The van der Waals surface area contributed by atoms with Gasteiger partial charge in [-0.25, -0.2) is 0 Å². The van der Waals surface area contributed by atoms with Crippen molar-refractivity contribution in [1.82, 2.24) is 0 Å². The molecule has 0 unspecified atom stereocenters. The third-order valence-electron chi connectivity index (χ3n) is 4.72. The van der Waals surface area contributed by atoms with Gasteiger partial charge in [0.15, 0.2) is 28.6 Å². The van der Waals surface area contributed by atoms with Crippen molar-refractivity contribution in [2.24, 2.45) is 0 Å². The quantitative estimate of drug-likeness (QED) is 0.562. The van der Waals surface area contributed by atoms with Gasteiger partial charge in [-0.2, -0.15) is 0 Å². The van der Waals surface area contributed by atoms with E-state index in [1.165, 1.54) is 28.4 Å². The van der Waals surface area contributed by atoms with Crippen LogP contribution in [0.1, 0.15) is 35.0 Å². The topological polar surface area (TPSA) is 87.4 Å². The Labute approximate surface area is 168 Å². The van der Waals surface area contributed by atoms with Crippen molar-refractivity contribution in [3.05, 3.63) is 41.2 Å². The highest BCUT2D eigenvalue weighted by atomic mass is 16.5. The molecule has 154 valence electrons. The Hall–Kier alpha value is -3.35. The summed E-state index contributed by atoms with van der Waals surface area (Å²) in [7, 11) is 5.94. The molecule has 0 atom stereocenters. The molecule has 0 amide bonds. The molecule has 0 fully saturated rings. The molecule has 0 saturated carbocycles. The first-order chi connectivity index (χ1) is 14.0. The molecule has 1 aromatic heterocycles. The summed E-state index contributed by atoms with van der Waals surface area (Å²) in [4.78, 5) is 13.5. The zero-order chi connectivity index (χ0) is 21.1. The molecule has 0 saturated heterocycles. The monoisotopic (exact) mass is 400 g/mol. The molecule has 3 aromatic rings. The third kappa shape index (κ3) is 3.44. The minimum absolute atomic E-state index is 0.133. The summed E-state index contributed by atoms with van der Waals surface area (Å²) < 4.78 is 27.1. The number of rotatable bonds is 8. The Morgan fingerprint density at radius 1 is 0.966 bits per heavy atom. The Bertz CT molecular complexity index is 1020. The SMILES string of the molecule is CCCc1oc2c(O)c(OC)ccc2c1C(=O)c1cc(OC)c(OC)c(OC)c1. The van der Waals surface area contributed by atoms with Gasteiger partial charge in [0.25, 0.3) is 0 Å². The van der Waals surface area contributed by atoms with Crippen LogP contribution in [0.5, 0.6) is 28.7 Å². The van der Waals surface area contributed by atoms with Crippen molar-refractivity contribution in [1.29, 1.82) is 0 Å². The van der Waals surface area contributed by atoms with Crippen LogP contribution in [0.4, 0.5) is 0 Å². The van der Waals surface area contributed by atoms with Gasteiger partial charge in [0.1, 0.15) is 5.76 Å². The molecule has 2 aromatic carbocycles. The predicted molar refractivity (Wildman–Crippen MR) is 108 cm³/mol. The van der Waals surface area contributed by atoms with Crippen LogP contribution >= 0.6 is 0 Å². The number of aryl methyl sites for hydroxylation is 1. The number of carbonyl (C=O) groups excluding carboxylic acids is 1. The van der Waals surface area contributed by atoms with Crippen LogP contribution in [0, 0.1) is 0 Å². The molecule has 0 aliphatic rings. The van der Waals surface area contributed by atoms with E-state index in [2.05, 4.69) is 0 Å². The number of hydrogen-bond acceptors (Lipinski definition) is 7. The molecule has 0 radical (unpaired) electrons. The number of hydrogen-bond donors (Lipinski definition) is 1. The van der Waals surface area contributed by atoms with Crippen LogP contribution in [0.2, 0.25) is 0 Å². The van der Waals surface area contributed by atoms with Gasteiger partial charge in [-0.05, 0) is 30.7 Å². The van der Waals surface area contributed by atoms with Crippen molar-refractivity contribution in [3.63, 3.8) is 0 Å². The molecule has 0 bridgehead atoms. The average Bonchev–Trinajstić information content (AvgIpc) is 3.11. The molecule has 7 heteroatoms. The summed E-state index contributed by atoms with van der Waals surface area (Å²) in [6.45, 7) is 1.99. The highest BCUT2D eigenvalue weighted by molar-refractivity contribution is 6.18. The van der Waals surface area contributed by atoms with Gasteiger partial charge in [-0.15, -0.1) is 0 Å². The lowest BCUT2D eigenvalue weighted by Gasteiger charge is -2.13. The van der Waals surface area contributed by atoms with Crippen LogP contribution in [0.25, 0.3) is 11.0 Å². The largest absolute Gasteiger partial charge is 0.502 e. The van der Waals surface area contributed by atoms with Crippen molar-refractivity contribution in [2.75, 3.05) is 28.4 Å². The Kier molecular flexibility index (Phi) is 5.87. The van der Waals surface area contributed by atoms with Gasteiger partial charge in [-0.3, -0.25) is 4.79 Å². The molecular formula is C22H24O7. The van der Waals surface area contributed by atoms with E-state index in [9.17, 15) is 9.90 Å². The lowest BCUT2D eigenvalue weighted by atomic mass is 9.98. The van der Waals surface area contributed by atoms with Crippen LogP contribution in [0.15, 0.2) is 28.7 Å². The highest BCUT2D eigenvalue weighted by Gasteiger charge is 2.26. The zero-order valence-corrected chi connectivity index (χ0v) is 17.1. The number of phenols is 1. The van der Waals surface area contributed by atoms with E-state index < -0.39 is 0 Å². The Morgan fingerprint density at radius 2 is 1.59 bits per heavy atom. The molecule has 29 heavy (non-hydrogen) atoms. The lowest BCUT2D eigenvalue weighted by Crippen LogP contribution is -2.06. The van der Waals surface area contributed by atoms with E-state index >= 15 is 0 Å². The fraction of sp³-hybridized carbons (Fsp3) is 0.318. The molecule has 1 N–H and O–H groups in total. The molecule has 1 heterocycles. The van der Waals surface area contributed by atoms with Gasteiger partial charge in [-0.1, -0.05) is 6.92 Å². The number of furan rings is 1. The fourth-order valence-electron chi connectivity index (χ4n) is 3.35. The first-order valence-electron chi connectivity index (χ1n) is 9.16. The second-order valence-electron chi connectivity index (χ2n) is 6.39. The van der Waals surface area contributed by atoms with Gasteiger partial charge >= 0.3 is 0 Å². The maximum atomic E-state index is 13.5. The summed E-state index contributed by atoms with van der Waals surface area (Å²) in [6, 6.07) is 6.51. The van der Waals surface area contributed by atoms with Crippen LogP contribution in [-0.2, 0) is 6.42 Å². The number of ketones is 1. The number of fused-ring (bicyclic) bond motifs is 1. The Balaban J connectivity index is 2.23. The maximum Gasteiger partial charge on any atom is 0.203 e. The van der Waals surface area contributed by atoms with Crippen molar-refractivity contribution in [3.8, 4) is 28.7 Å². The van der Waals surface area contributed by atoms with E-state index in [1.807, 2.05) is 6.92 Å². The van der Waals surface area contributed by atoms with E-state index in [-0.39, 0.29) is 22.9 Å². The van der Waals surface area contributed by atoms with Gasteiger partial charge in [0.2, 0.25) is 11.5 Å². The minimum atomic E-state index is -0.268. The minimum Gasteiger partial charge on any atom is -0.502 e. The summed E-state index contributed by atoms with van der Waals surface area (Å²) in [5, 5.41) is 11.0. The van der Waals surface area contributed by atoms with Crippen molar-refractivity contribution >= 4 is 16.8 Å². The second kappa shape index (κ2) is 8.34.